The summed E-state index contributed by atoms with van der Waals surface area (Å²) in [5.41, 5.74) is -1.33. The monoisotopic (exact) mass is 331 g/mol. The minimum absolute atomic E-state index is 0. The van der Waals surface area contributed by atoms with Crippen LogP contribution in [-0.4, -0.2) is 40.6 Å². The Hall–Kier alpha value is -1.93. The van der Waals surface area contributed by atoms with E-state index in [1.807, 2.05) is 0 Å². The fraction of sp³-hybridized carbons (Fsp3) is 0.200. The number of alkyl halides is 3. The van der Waals surface area contributed by atoms with Crippen LogP contribution in [0.1, 0.15) is 18.4 Å². The largest absolute Gasteiger partial charge is 0.511 e. The third-order valence-corrected chi connectivity index (χ3v) is 2.60. The molecule has 0 atom stereocenters. The first-order valence-electron chi connectivity index (χ1n) is 6.04. The number of amides is 1. The number of nitriles is 1. The van der Waals surface area contributed by atoms with Crippen molar-refractivity contribution < 1.29 is 23.1 Å². The Morgan fingerprint density at radius 1 is 1.30 bits per heavy atom. The van der Waals surface area contributed by atoms with Crippen molar-refractivity contribution in [2.75, 3.05) is 5.32 Å². The first kappa shape index (κ1) is 21.1. The number of nitrogens with one attached hydrogen (secondary N) is 1. The van der Waals surface area contributed by atoms with E-state index in [2.05, 4.69) is 11.2 Å². The zero-order valence-electron chi connectivity index (χ0n) is 12.2. The fourth-order valence-electron chi connectivity index (χ4n) is 1.50. The van der Waals surface area contributed by atoms with E-state index in [1.165, 1.54) is 6.07 Å². The van der Waals surface area contributed by atoms with Crippen molar-refractivity contribution in [3.63, 3.8) is 0 Å². The second kappa shape index (κ2) is 9.26. The summed E-state index contributed by atoms with van der Waals surface area (Å²) < 4.78 is 37.2. The van der Waals surface area contributed by atoms with Crippen LogP contribution in [0.5, 0.6) is 0 Å². The molecule has 1 amide bonds. The first-order valence-corrected chi connectivity index (χ1v) is 6.04. The molecule has 0 spiro atoms. The molecule has 0 aliphatic heterocycles. The van der Waals surface area contributed by atoms with Gasteiger partial charge in [0.15, 0.2) is 5.57 Å². The number of carbonyl (C=O) groups excluding carboxylic acids is 1. The second-order valence-corrected chi connectivity index (χ2v) is 4.17. The van der Waals surface area contributed by atoms with Gasteiger partial charge in [0.25, 0.3) is 5.91 Å². The molecule has 23 heavy (non-hydrogen) atoms. The minimum Gasteiger partial charge on any atom is -0.511 e. The van der Waals surface area contributed by atoms with E-state index < -0.39 is 29.0 Å². The van der Waals surface area contributed by atoms with Crippen molar-refractivity contribution in [3.05, 3.63) is 41.2 Å². The molecule has 115 valence electrons. The number of carbonyl (C=O) groups is 1. The molecule has 0 aliphatic rings. The molecule has 0 heterocycles. The molecule has 0 bridgehead atoms. The summed E-state index contributed by atoms with van der Waals surface area (Å²) in [5.74, 6) is 0.857. The molecule has 0 unspecified atom stereocenters. The van der Waals surface area contributed by atoms with E-state index in [9.17, 15) is 23.1 Å². The number of aliphatic hydroxyl groups excluding tert-OH is 1. The third-order valence-electron chi connectivity index (χ3n) is 2.60. The van der Waals surface area contributed by atoms with Crippen molar-refractivity contribution in [1.82, 2.24) is 0 Å². The number of anilines is 1. The Morgan fingerprint density at radius 3 is 2.30 bits per heavy atom. The van der Waals surface area contributed by atoms with Crippen LogP contribution in [0.2, 0.25) is 0 Å². The molecule has 0 saturated heterocycles. The van der Waals surface area contributed by atoms with Crippen LogP contribution in [0.25, 0.3) is 0 Å². The number of hydrogen-bond acceptors (Lipinski definition) is 3. The van der Waals surface area contributed by atoms with Crippen LogP contribution in [-0.2, 0) is 11.0 Å². The van der Waals surface area contributed by atoms with E-state index in [0.717, 1.165) is 24.3 Å². The van der Waals surface area contributed by atoms with Gasteiger partial charge in [-0.25, -0.2) is 0 Å². The average molecular weight is 331 g/mol. The molecule has 8 heteroatoms. The van der Waals surface area contributed by atoms with Gasteiger partial charge >= 0.3 is 6.18 Å². The molecule has 1 rings (SSSR count). The number of aliphatic hydroxyl groups is 1. The van der Waals surface area contributed by atoms with Gasteiger partial charge in [-0.1, -0.05) is 0 Å². The molecular weight excluding hydrogens is 320 g/mol. The summed E-state index contributed by atoms with van der Waals surface area (Å²) in [6, 6.07) is 5.23. The molecule has 0 fully saturated rings. The second-order valence-electron chi connectivity index (χ2n) is 4.17. The number of terminal acetylenes is 1. The minimum atomic E-state index is -4.48. The first-order chi connectivity index (χ1) is 10.3. The molecule has 2 N–H and O–H groups in total. The normalized spacial score (nSPS) is 11.3. The van der Waals surface area contributed by atoms with Crippen molar-refractivity contribution in [2.24, 2.45) is 0 Å². The Morgan fingerprint density at radius 2 is 1.87 bits per heavy atom. The van der Waals surface area contributed by atoms with Crippen molar-refractivity contribution in [2.45, 2.75) is 19.0 Å². The number of rotatable bonds is 4. The standard InChI is InChI=1S/C15H11F3N2O2.Na/c1-2-3-4-13(21)12(9-19)14(22)20-11-7-5-10(6-8-11)15(16,17)18;/h1,5-8,21H,3-4H2,(H,20,22);/b13-12-;. The quantitative estimate of drug-likeness (QED) is 0.293. The molecule has 0 saturated carbocycles. The molecule has 1 radical (unpaired) electrons. The van der Waals surface area contributed by atoms with Crippen LogP contribution >= 0.6 is 0 Å². The number of allylic oxidation sites excluding steroid dienone is 1. The molecule has 4 nitrogen and oxygen atoms in total. The summed E-state index contributed by atoms with van der Waals surface area (Å²) in [4.78, 5) is 11.8. The predicted octanol–water partition coefficient (Wildman–Crippen LogP) is 3.01. The Balaban J connectivity index is 0.00000484. The van der Waals surface area contributed by atoms with Gasteiger partial charge in [-0.15, -0.1) is 12.3 Å². The summed E-state index contributed by atoms with van der Waals surface area (Å²) in [6.45, 7) is 0. The topological polar surface area (TPSA) is 73.1 Å². The Bertz CT molecular complexity index is 668. The van der Waals surface area contributed by atoms with E-state index in [0.29, 0.717) is 0 Å². The van der Waals surface area contributed by atoms with Gasteiger partial charge in [0.1, 0.15) is 11.8 Å². The van der Waals surface area contributed by atoms with Gasteiger partial charge < -0.3 is 10.4 Å². The van der Waals surface area contributed by atoms with Crippen LogP contribution in [0, 0.1) is 23.7 Å². The molecule has 0 aliphatic carbocycles. The van der Waals surface area contributed by atoms with Gasteiger partial charge in [0.05, 0.1) is 5.56 Å². The molecular formula is C15H11F3N2NaO2. The zero-order chi connectivity index (χ0) is 16.8. The maximum Gasteiger partial charge on any atom is 0.416 e. The van der Waals surface area contributed by atoms with Crippen LogP contribution in [0.15, 0.2) is 35.6 Å². The van der Waals surface area contributed by atoms with Gasteiger partial charge in [0.2, 0.25) is 0 Å². The Kier molecular flexibility index (Phi) is 8.49. The number of halogens is 3. The van der Waals surface area contributed by atoms with Crippen LogP contribution in [0.3, 0.4) is 0 Å². The van der Waals surface area contributed by atoms with E-state index in [-0.39, 0.29) is 48.1 Å². The summed E-state index contributed by atoms with van der Waals surface area (Å²) >= 11 is 0. The van der Waals surface area contributed by atoms with Crippen molar-refractivity contribution in [3.8, 4) is 18.4 Å². The van der Waals surface area contributed by atoms with Gasteiger partial charge in [-0.2, -0.15) is 18.4 Å². The number of benzene rings is 1. The maximum absolute atomic E-state index is 12.4. The molecule has 1 aromatic carbocycles. The summed E-state index contributed by atoms with van der Waals surface area (Å²) in [7, 11) is 0. The van der Waals surface area contributed by atoms with E-state index in [1.54, 1.807) is 0 Å². The van der Waals surface area contributed by atoms with Crippen LogP contribution < -0.4 is 5.32 Å². The SMILES string of the molecule is C#CCC/C(O)=C(\C#N)C(=O)Nc1ccc(C(F)(F)F)cc1.[Na]. The number of hydrogen-bond donors (Lipinski definition) is 2. The summed E-state index contributed by atoms with van der Waals surface area (Å²) in [6.07, 6.45) is 0.631. The zero-order valence-corrected chi connectivity index (χ0v) is 14.2. The maximum atomic E-state index is 12.4. The molecule has 1 aromatic rings. The van der Waals surface area contributed by atoms with Gasteiger partial charge in [0, 0.05) is 48.1 Å². The smallest absolute Gasteiger partial charge is 0.416 e. The van der Waals surface area contributed by atoms with Crippen molar-refractivity contribution in [1.29, 1.82) is 5.26 Å². The van der Waals surface area contributed by atoms with Gasteiger partial charge in [-0.05, 0) is 24.3 Å². The van der Waals surface area contributed by atoms with Gasteiger partial charge in [-0.3, -0.25) is 4.79 Å². The number of nitrogens with zero attached hydrogens (tertiary/aromatic N) is 1. The van der Waals surface area contributed by atoms with E-state index in [4.69, 9.17) is 11.7 Å². The molecule has 0 aromatic heterocycles. The average Bonchev–Trinajstić information content (AvgIpc) is 2.45. The Labute approximate surface area is 153 Å². The fourth-order valence-corrected chi connectivity index (χ4v) is 1.50. The predicted molar refractivity (Wildman–Crippen MR) is 79.2 cm³/mol. The third kappa shape index (κ3) is 6.37. The van der Waals surface area contributed by atoms with Crippen LogP contribution in [0.4, 0.5) is 18.9 Å². The summed E-state index contributed by atoms with van der Waals surface area (Å²) in [5, 5.41) is 20.7. The van der Waals surface area contributed by atoms with Crippen molar-refractivity contribution >= 4 is 41.2 Å². The van der Waals surface area contributed by atoms with E-state index >= 15 is 0 Å².